The number of hydrogen-bond donors (Lipinski definition) is 0. The smallest absolute Gasteiger partial charge is 0.211 e. The van der Waals surface area contributed by atoms with Crippen molar-refractivity contribution in [3.05, 3.63) is 35.9 Å². The molecular weight excluding hydrogens is 327 g/mol. The summed E-state index contributed by atoms with van der Waals surface area (Å²) in [6.45, 7) is 15.7. The molecule has 0 saturated carbocycles. The number of hydrogen-bond acceptors (Lipinski definition) is 0. The van der Waals surface area contributed by atoms with Crippen molar-refractivity contribution in [1.82, 2.24) is 0 Å². The Balaban J connectivity index is 5.66. The van der Waals surface area contributed by atoms with E-state index in [-0.39, 0.29) is 23.7 Å². The van der Waals surface area contributed by atoms with Crippen LogP contribution in [0.2, 0.25) is 0 Å². The molecule has 25 heavy (non-hydrogen) atoms. The standard InChI is InChI=1S/C20H32BF4/c1-9-16(14-13-15(5)17(6,7)10-2)21-20(24,25)19(22,23)18(8,11-3)12-4/h9,13-14H,1,10-12H2,2-8H3/b15-13+,16-14+. The van der Waals surface area contributed by atoms with E-state index in [0.717, 1.165) is 12.0 Å². The average Bonchev–Trinajstić information content (AvgIpc) is 2.56. The molecule has 0 nitrogen and oxygen atoms in total. The molecule has 0 bridgehead atoms. The number of alkyl halides is 4. The van der Waals surface area contributed by atoms with Crippen molar-refractivity contribution >= 4 is 7.28 Å². The lowest BCUT2D eigenvalue weighted by molar-refractivity contribution is -0.228. The second-order valence-corrected chi connectivity index (χ2v) is 7.57. The van der Waals surface area contributed by atoms with Gasteiger partial charge in [0.15, 0.2) is 0 Å². The van der Waals surface area contributed by atoms with Gasteiger partial charge in [-0.05, 0) is 31.6 Å². The highest BCUT2D eigenvalue weighted by molar-refractivity contribution is 6.49. The van der Waals surface area contributed by atoms with Gasteiger partial charge >= 0.3 is 5.92 Å². The molecule has 143 valence electrons. The minimum Gasteiger partial charge on any atom is -0.211 e. The first kappa shape index (κ1) is 24.0. The summed E-state index contributed by atoms with van der Waals surface area (Å²) in [6.07, 6.45) is 5.13. The zero-order valence-corrected chi connectivity index (χ0v) is 16.6. The third-order valence-electron chi connectivity index (χ3n) is 5.80. The van der Waals surface area contributed by atoms with E-state index in [4.69, 9.17) is 0 Å². The van der Waals surface area contributed by atoms with E-state index < -0.39 is 17.2 Å². The van der Waals surface area contributed by atoms with E-state index >= 15 is 0 Å². The highest BCUT2D eigenvalue weighted by Crippen LogP contribution is 2.51. The summed E-state index contributed by atoms with van der Waals surface area (Å²) in [5.41, 5.74) is -0.872. The topological polar surface area (TPSA) is 0 Å². The van der Waals surface area contributed by atoms with Crippen molar-refractivity contribution < 1.29 is 17.6 Å². The van der Waals surface area contributed by atoms with Crippen molar-refractivity contribution in [2.24, 2.45) is 10.8 Å². The summed E-state index contributed by atoms with van der Waals surface area (Å²) < 4.78 is 57.9. The quantitative estimate of drug-likeness (QED) is 0.220. The second-order valence-electron chi connectivity index (χ2n) is 7.57. The molecule has 0 N–H and O–H groups in total. The van der Waals surface area contributed by atoms with Gasteiger partial charge in [0.2, 0.25) is 0 Å². The fourth-order valence-corrected chi connectivity index (χ4v) is 2.30. The minimum absolute atomic E-state index is 0.00881. The van der Waals surface area contributed by atoms with Gasteiger partial charge in [-0.25, -0.2) is 17.6 Å². The summed E-state index contributed by atoms with van der Waals surface area (Å²) in [4.78, 5) is 0. The Bertz CT molecular complexity index is 512. The van der Waals surface area contributed by atoms with Crippen LogP contribution in [0.3, 0.4) is 0 Å². The summed E-state index contributed by atoms with van der Waals surface area (Å²) >= 11 is 0. The summed E-state index contributed by atoms with van der Waals surface area (Å²) in [5.74, 6) is -8.40. The number of halogens is 4. The summed E-state index contributed by atoms with van der Waals surface area (Å²) in [7, 11) is 0.340. The van der Waals surface area contributed by atoms with Gasteiger partial charge in [0.25, 0.3) is 13.1 Å². The van der Waals surface area contributed by atoms with E-state index in [0.29, 0.717) is 7.28 Å². The molecule has 0 saturated heterocycles. The third kappa shape index (κ3) is 5.24. The van der Waals surface area contributed by atoms with E-state index in [2.05, 4.69) is 6.58 Å². The highest BCUT2D eigenvalue weighted by Gasteiger charge is 2.64. The van der Waals surface area contributed by atoms with E-state index in [9.17, 15) is 17.6 Å². The average molecular weight is 359 g/mol. The first-order chi connectivity index (χ1) is 11.2. The molecule has 1 radical (unpaired) electrons. The molecule has 0 spiro atoms. The van der Waals surface area contributed by atoms with Crippen LogP contribution in [0.4, 0.5) is 17.6 Å². The fourth-order valence-electron chi connectivity index (χ4n) is 2.30. The highest BCUT2D eigenvalue weighted by atomic mass is 19.3. The van der Waals surface area contributed by atoms with Crippen molar-refractivity contribution in [3.8, 4) is 0 Å². The predicted molar refractivity (Wildman–Crippen MR) is 100 cm³/mol. The largest absolute Gasteiger partial charge is 0.306 e. The van der Waals surface area contributed by atoms with Gasteiger partial charge in [-0.15, -0.1) is 0 Å². The van der Waals surface area contributed by atoms with Crippen LogP contribution in [0.15, 0.2) is 35.9 Å². The normalized spacial score (nSPS) is 15.3. The van der Waals surface area contributed by atoms with Crippen LogP contribution in [0.5, 0.6) is 0 Å². The first-order valence-corrected chi connectivity index (χ1v) is 8.87. The lowest BCUT2D eigenvalue weighted by Crippen LogP contribution is -2.55. The van der Waals surface area contributed by atoms with Crippen molar-refractivity contribution in [2.75, 3.05) is 0 Å². The fraction of sp³-hybridized carbons (Fsp3) is 0.700. The van der Waals surface area contributed by atoms with Crippen LogP contribution in [0, 0.1) is 10.8 Å². The van der Waals surface area contributed by atoms with Crippen molar-refractivity contribution in [1.29, 1.82) is 0 Å². The summed E-state index contributed by atoms with van der Waals surface area (Å²) in [5, 5.41) is 0. The number of allylic oxidation sites excluding steroid dienone is 5. The molecule has 0 aliphatic rings. The Labute approximate surface area is 151 Å². The Kier molecular flexibility index (Phi) is 8.25. The van der Waals surface area contributed by atoms with Gasteiger partial charge in [0, 0.05) is 5.41 Å². The molecule has 0 aromatic rings. The Morgan fingerprint density at radius 2 is 1.40 bits per heavy atom. The van der Waals surface area contributed by atoms with Gasteiger partial charge < -0.3 is 0 Å². The maximum atomic E-state index is 14.5. The van der Waals surface area contributed by atoms with Crippen LogP contribution < -0.4 is 0 Å². The van der Waals surface area contributed by atoms with Crippen LogP contribution >= 0.6 is 0 Å². The molecule has 0 aromatic carbocycles. The van der Waals surface area contributed by atoms with Gasteiger partial charge in [-0.3, -0.25) is 0 Å². The molecular formula is C20H32BF4. The zero-order valence-electron chi connectivity index (χ0n) is 16.6. The maximum absolute atomic E-state index is 14.5. The summed E-state index contributed by atoms with van der Waals surface area (Å²) in [6, 6.07) is 0. The zero-order chi connectivity index (χ0) is 20.1. The molecule has 0 rings (SSSR count). The molecule has 0 aromatic heterocycles. The predicted octanol–water partition coefficient (Wildman–Crippen LogP) is 7.20. The molecule has 0 aliphatic carbocycles. The van der Waals surface area contributed by atoms with Crippen LogP contribution in [0.1, 0.15) is 67.7 Å². The second kappa shape index (κ2) is 8.59. The molecule has 0 unspecified atom stereocenters. The molecule has 5 heteroatoms. The van der Waals surface area contributed by atoms with Crippen LogP contribution in [-0.4, -0.2) is 19.0 Å². The number of rotatable bonds is 10. The van der Waals surface area contributed by atoms with Crippen molar-refractivity contribution in [3.63, 3.8) is 0 Å². The third-order valence-corrected chi connectivity index (χ3v) is 5.80. The van der Waals surface area contributed by atoms with E-state index in [1.54, 1.807) is 6.08 Å². The van der Waals surface area contributed by atoms with E-state index in [1.165, 1.54) is 32.9 Å². The molecule has 0 heterocycles. The van der Waals surface area contributed by atoms with Gasteiger partial charge in [0.1, 0.15) is 0 Å². The Morgan fingerprint density at radius 1 is 0.920 bits per heavy atom. The minimum atomic E-state index is -4.25. The van der Waals surface area contributed by atoms with E-state index in [1.807, 2.05) is 27.7 Å². The van der Waals surface area contributed by atoms with Crippen molar-refractivity contribution in [2.45, 2.75) is 79.5 Å². The van der Waals surface area contributed by atoms with Crippen LogP contribution in [0.25, 0.3) is 0 Å². The van der Waals surface area contributed by atoms with Gasteiger partial charge in [-0.2, -0.15) is 0 Å². The Morgan fingerprint density at radius 3 is 1.76 bits per heavy atom. The molecule has 0 fully saturated rings. The molecule has 0 atom stereocenters. The first-order valence-electron chi connectivity index (χ1n) is 8.87. The lowest BCUT2D eigenvalue weighted by Gasteiger charge is -2.40. The molecule has 0 aliphatic heterocycles. The lowest BCUT2D eigenvalue weighted by atomic mass is 9.56. The SMILES string of the molecule is C=C/C([B]C(F)(F)C(F)(F)C(C)(CC)CC)=C\C=C(/C)C(C)(C)CC. The Hall–Kier alpha value is -0.995. The van der Waals surface area contributed by atoms with Gasteiger partial charge in [0.05, 0.1) is 0 Å². The maximum Gasteiger partial charge on any atom is 0.306 e. The monoisotopic (exact) mass is 359 g/mol. The van der Waals surface area contributed by atoms with Crippen LogP contribution in [-0.2, 0) is 0 Å². The molecule has 0 amide bonds. The van der Waals surface area contributed by atoms with Gasteiger partial charge in [-0.1, -0.05) is 77.4 Å².